The Labute approximate surface area is 160 Å². The summed E-state index contributed by atoms with van der Waals surface area (Å²) in [7, 11) is 3.97. The van der Waals surface area contributed by atoms with E-state index < -0.39 is 0 Å². The summed E-state index contributed by atoms with van der Waals surface area (Å²) in [4.78, 5) is 21.1. The molecule has 7 heteroatoms. The Morgan fingerprint density at radius 3 is 2.59 bits per heavy atom. The largest absolute Gasteiger partial charge is 0.382 e. The smallest absolute Gasteiger partial charge is 0.257 e. The molecular formula is C20H27N5O2. The lowest BCUT2D eigenvalue weighted by Crippen LogP contribution is -2.39. The zero-order valence-electron chi connectivity index (χ0n) is 15.9. The van der Waals surface area contributed by atoms with Gasteiger partial charge in [-0.2, -0.15) is 0 Å². The molecule has 0 aliphatic carbocycles. The van der Waals surface area contributed by atoms with Gasteiger partial charge < -0.3 is 20.3 Å². The van der Waals surface area contributed by atoms with Gasteiger partial charge in [-0.15, -0.1) is 0 Å². The lowest BCUT2D eigenvalue weighted by atomic mass is 10.2. The van der Waals surface area contributed by atoms with Gasteiger partial charge in [0, 0.05) is 64.0 Å². The van der Waals surface area contributed by atoms with Crippen molar-refractivity contribution < 1.29 is 9.53 Å². The third-order valence-corrected chi connectivity index (χ3v) is 4.50. The van der Waals surface area contributed by atoms with Crippen LogP contribution in [-0.4, -0.2) is 69.3 Å². The number of pyridine rings is 1. The molecule has 1 aromatic carbocycles. The standard InChI is InChI=1S/C20H27N5O2/c1-24(2)19-5-3-17(4-6-19)23-20(26)16-13-18(15-21-14-16)22-7-8-25-9-11-27-12-10-25/h3-6,13-15,22H,7-12H2,1-2H3,(H,23,26). The molecule has 3 rings (SSSR count). The molecule has 27 heavy (non-hydrogen) atoms. The van der Waals surface area contributed by atoms with Crippen LogP contribution in [0.5, 0.6) is 0 Å². The Morgan fingerprint density at radius 2 is 1.89 bits per heavy atom. The number of aromatic nitrogens is 1. The van der Waals surface area contributed by atoms with Gasteiger partial charge >= 0.3 is 0 Å². The molecule has 1 aliphatic heterocycles. The molecule has 0 saturated carbocycles. The highest BCUT2D eigenvalue weighted by atomic mass is 16.5. The molecule has 1 saturated heterocycles. The molecule has 0 spiro atoms. The van der Waals surface area contributed by atoms with E-state index in [1.165, 1.54) is 0 Å². The van der Waals surface area contributed by atoms with Gasteiger partial charge in [-0.3, -0.25) is 14.7 Å². The van der Waals surface area contributed by atoms with Crippen LogP contribution in [-0.2, 0) is 4.74 Å². The third kappa shape index (κ3) is 5.67. The fourth-order valence-electron chi connectivity index (χ4n) is 2.89. The second-order valence-corrected chi connectivity index (χ2v) is 6.74. The van der Waals surface area contributed by atoms with Crippen LogP contribution >= 0.6 is 0 Å². The van der Waals surface area contributed by atoms with Crippen molar-refractivity contribution in [3.63, 3.8) is 0 Å². The van der Waals surface area contributed by atoms with Crippen LogP contribution in [0.3, 0.4) is 0 Å². The maximum atomic E-state index is 12.5. The van der Waals surface area contributed by atoms with Crippen molar-refractivity contribution >= 4 is 23.0 Å². The number of nitrogens with one attached hydrogen (secondary N) is 2. The molecule has 1 fully saturated rings. The van der Waals surface area contributed by atoms with Crippen LogP contribution in [0.15, 0.2) is 42.7 Å². The van der Waals surface area contributed by atoms with E-state index >= 15 is 0 Å². The first-order valence-electron chi connectivity index (χ1n) is 9.19. The number of hydrogen-bond acceptors (Lipinski definition) is 6. The molecule has 0 bridgehead atoms. The number of benzene rings is 1. The monoisotopic (exact) mass is 369 g/mol. The Hall–Kier alpha value is -2.64. The summed E-state index contributed by atoms with van der Waals surface area (Å²) in [5.41, 5.74) is 3.22. The number of morpholine rings is 1. The maximum Gasteiger partial charge on any atom is 0.257 e. The van der Waals surface area contributed by atoms with Gasteiger partial charge in [0.15, 0.2) is 0 Å². The third-order valence-electron chi connectivity index (χ3n) is 4.50. The van der Waals surface area contributed by atoms with Crippen molar-refractivity contribution in [1.29, 1.82) is 0 Å². The molecule has 2 N–H and O–H groups in total. The first kappa shape index (κ1) is 19.1. The van der Waals surface area contributed by atoms with E-state index in [0.29, 0.717) is 5.56 Å². The number of ether oxygens (including phenoxy) is 1. The fraction of sp³-hybridized carbons (Fsp3) is 0.400. The first-order valence-corrected chi connectivity index (χ1v) is 9.19. The van der Waals surface area contributed by atoms with Crippen LogP contribution in [0.2, 0.25) is 0 Å². The van der Waals surface area contributed by atoms with E-state index in [1.54, 1.807) is 12.4 Å². The van der Waals surface area contributed by atoms with Crippen LogP contribution in [0.25, 0.3) is 0 Å². The summed E-state index contributed by atoms with van der Waals surface area (Å²) in [6.45, 7) is 5.28. The van der Waals surface area contributed by atoms with E-state index in [2.05, 4.69) is 20.5 Å². The number of amides is 1. The van der Waals surface area contributed by atoms with E-state index in [4.69, 9.17) is 4.74 Å². The predicted molar refractivity (Wildman–Crippen MR) is 109 cm³/mol. The molecule has 1 aliphatic rings. The van der Waals surface area contributed by atoms with E-state index in [1.807, 2.05) is 49.3 Å². The number of anilines is 3. The molecule has 1 aromatic heterocycles. The highest BCUT2D eigenvalue weighted by Gasteiger charge is 2.10. The minimum Gasteiger partial charge on any atom is -0.382 e. The molecule has 1 amide bonds. The van der Waals surface area contributed by atoms with Gasteiger partial charge in [0.1, 0.15) is 0 Å². The molecule has 7 nitrogen and oxygen atoms in total. The second kappa shape index (κ2) is 9.34. The lowest BCUT2D eigenvalue weighted by Gasteiger charge is -2.26. The topological polar surface area (TPSA) is 69.7 Å². The van der Waals surface area contributed by atoms with Crippen molar-refractivity contribution in [2.75, 3.05) is 69.0 Å². The van der Waals surface area contributed by atoms with Crippen LogP contribution in [0.1, 0.15) is 10.4 Å². The number of nitrogens with zero attached hydrogens (tertiary/aromatic N) is 3. The summed E-state index contributed by atoms with van der Waals surface area (Å²) >= 11 is 0. The minimum absolute atomic E-state index is 0.170. The molecule has 0 atom stereocenters. The van der Waals surface area contributed by atoms with Crippen LogP contribution in [0.4, 0.5) is 17.1 Å². The van der Waals surface area contributed by atoms with Crippen molar-refractivity contribution in [3.8, 4) is 0 Å². The molecule has 144 valence electrons. The van der Waals surface area contributed by atoms with Crippen LogP contribution in [0, 0.1) is 0 Å². The second-order valence-electron chi connectivity index (χ2n) is 6.74. The summed E-state index contributed by atoms with van der Waals surface area (Å²) in [5.74, 6) is -0.170. The molecule has 0 unspecified atom stereocenters. The Bertz CT molecular complexity index is 742. The van der Waals surface area contributed by atoms with Crippen molar-refractivity contribution in [3.05, 3.63) is 48.3 Å². The molecule has 0 radical (unpaired) electrons. The number of hydrogen-bond donors (Lipinski definition) is 2. The number of carbonyl (C=O) groups is 1. The van der Waals surface area contributed by atoms with Gasteiger partial charge in [-0.05, 0) is 30.3 Å². The van der Waals surface area contributed by atoms with Gasteiger partial charge in [0.25, 0.3) is 5.91 Å². The van der Waals surface area contributed by atoms with Gasteiger partial charge in [0.05, 0.1) is 24.5 Å². The Kier molecular flexibility index (Phi) is 6.62. The lowest BCUT2D eigenvalue weighted by molar-refractivity contribution is 0.0398. The SMILES string of the molecule is CN(C)c1ccc(NC(=O)c2cncc(NCCN3CCOCC3)c2)cc1. The first-order chi connectivity index (χ1) is 13.1. The summed E-state index contributed by atoms with van der Waals surface area (Å²) in [6.07, 6.45) is 3.32. The minimum atomic E-state index is -0.170. The summed E-state index contributed by atoms with van der Waals surface area (Å²) in [5, 5.41) is 6.25. The Morgan fingerprint density at radius 1 is 1.15 bits per heavy atom. The van der Waals surface area contributed by atoms with E-state index in [-0.39, 0.29) is 5.91 Å². The zero-order chi connectivity index (χ0) is 19.1. The van der Waals surface area contributed by atoms with Gasteiger partial charge in [0.2, 0.25) is 0 Å². The molecular weight excluding hydrogens is 342 g/mol. The van der Waals surface area contributed by atoms with Crippen molar-refractivity contribution in [2.45, 2.75) is 0 Å². The summed E-state index contributed by atoms with van der Waals surface area (Å²) in [6, 6.07) is 9.56. The summed E-state index contributed by atoms with van der Waals surface area (Å²) < 4.78 is 5.35. The zero-order valence-corrected chi connectivity index (χ0v) is 15.9. The number of rotatable bonds is 7. The van der Waals surface area contributed by atoms with Crippen molar-refractivity contribution in [2.24, 2.45) is 0 Å². The quantitative estimate of drug-likeness (QED) is 0.779. The van der Waals surface area contributed by atoms with Crippen molar-refractivity contribution in [1.82, 2.24) is 9.88 Å². The number of carbonyl (C=O) groups excluding carboxylic acids is 1. The van der Waals surface area contributed by atoms with E-state index in [0.717, 1.165) is 56.5 Å². The van der Waals surface area contributed by atoms with Crippen LogP contribution < -0.4 is 15.5 Å². The van der Waals surface area contributed by atoms with Gasteiger partial charge in [-0.25, -0.2) is 0 Å². The maximum absolute atomic E-state index is 12.5. The highest BCUT2D eigenvalue weighted by Crippen LogP contribution is 2.17. The average molecular weight is 369 g/mol. The Balaban J connectivity index is 1.53. The molecule has 2 aromatic rings. The predicted octanol–water partition coefficient (Wildman–Crippen LogP) is 2.14. The average Bonchev–Trinajstić information content (AvgIpc) is 2.69. The fourth-order valence-corrected chi connectivity index (χ4v) is 2.89. The highest BCUT2D eigenvalue weighted by molar-refractivity contribution is 6.04. The van der Waals surface area contributed by atoms with Gasteiger partial charge in [-0.1, -0.05) is 0 Å². The normalized spacial score (nSPS) is 14.6. The van der Waals surface area contributed by atoms with E-state index in [9.17, 15) is 4.79 Å². The molecule has 2 heterocycles.